The number of hydrogen-bond donors (Lipinski definition) is 0. The lowest BCUT2D eigenvalue weighted by Crippen LogP contribution is -2.32. The number of nitrogens with zero attached hydrogens (tertiary/aromatic N) is 3. The minimum Gasteiger partial charge on any atom is -0.208 e. The number of fused-ring (bicyclic) bond motifs is 12. The van der Waals surface area contributed by atoms with Crippen molar-refractivity contribution in [3.63, 3.8) is 0 Å². The van der Waals surface area contributed by atoms with Crippen LogP contribution in [0, 0.1) is 0 Å². The molecule has 1 aromatic heterocycles. The van der Waals surface area contributed by atoms with Crippen LogP contribution in [0.3, 0.4) is 0 Å². The molecule has 3 nitrogen and oxygen atoms in total. The normalized spacial score (nSPS) is 14.8. The molecule has 250 valence electrons. The van der Waals surface area contributed by atoms with Crippen molar-refractivity contribution < 1.29 is 0 Å². The van der Waals surface area contributed by atoms with Gasteiger partial charge in [0.25, 0.3) is 0 Å². The van der Waals surface area contributed by atoms with E-state index in [0.717, 1.165) is 16.7 Å². The first kappa shape index (κ1) is 30.5. The van der Waals surface area contributed by atoms with Crippen molar-refractivity contribution in [1.29, 1.82) is 0 Å². The average molecular weight is 696 g/mol. The van der Waals surface area contributed by atoms with Gasteiger partial charge in [-0.2, -0.15) is 0 Å². The molecule has 0 amide bonds. The molecule has 0 saturated heterocycles. The van der Waals surface area contributed by atoms with Gasteiger partial charge in [-0.15, -0.1) is 0 Å². The second-order valence-electron chi connectivity index (χ2n) is 14.7. The van der Waals surface area contributed by atoms with E-state index >= 15 is 0 Å². The summed E-state index contributed by atoms with van der Waals surface area (Å²) < 4.78 is 0. The predicted molar refractivity (Wildman–Crippen MR) is 215 cm³/mol. The quantitative estimate of drug-likeness (QED) is 0.184. The maximum absolute atomic E-state index is 5.19. The van der Waals surface area contributed by atoms with Gasteiger partial charge in [0, 0.05) is 31.9 Å². The van der Waals surface area contributed by atoms with Crippen LogP contribution in [-0.4, -0.2) is 15.0 Å². The van der Waals surface area contributed by atoms with Crippen molar-refractivity contribution in [1.82, 2.24) is 15.0 Å². The van der Waals surface area contributed by atoms with Crippen LogP contribution in [0.25, 0.3) is 56.4 Å². The summed E-state index contributed by atoms with van der Waals surface area (Å²) in [6.45, 7) is 4.73. The zero-order valence-corrected chi connectivity index (χ0v) is 30.2. The van der Waals surface area contributed by atoms with Crippen LogP contribution in [-0.2, 0) is 10.8 Å². The van der Waals surface area contributed by atoms with Crippen LogP contribution in [0.2, 0.25) is 0 Å². The lowest BCUT2D eigenvalue weighted by Gasteiger charge is -2.40. The zero-order valence-electron chi connectivity index (χ0n) is 29.3. The van der Waals surface area contributed by atoms with Gasteiger partial charge in [0.1, 0.15) is 0 Å². The minimum absolute atomic E-state index is 0.307. The molecule has 0 atom stereocenters. The Morgan fingerprint density at radius 3 is 1.53 bits per heavy atom. The summed E-state index contributed by atoms with van der Waals surface area (Å²) in [6, 6.07) is 59.2. The summed E-state index contributed by atoms with van der Waals surface area (Å²) in [6.07, 6.45) is 0. The highest BCUT2D eigenvalue weighted by Crippen LogP contribution is 2.64. The highest BCUT2D eigenvalue weighted by Gasteiger charge is 2.51. The summed E-state index contributed by atoms with van der Waals surface area (Å²) in [5.41, 5.74) is 15.4. The molecule has 11 rings (SSSR count). The average Bonchev–Trinajstić information content (AvgIpc) is 3.63. The van der Waals surface area contributed by atoms with Crippen LogP contribution in [0.5, 0.6) is 0 Å². The molecule has 3 aliphatic rings. The summed E-state index contributed by atoms with van der Waals surface area (Å²) in [7, 11) is 0. The first-order chi connectivity index (χ1) is 26.0. The molecule has 0 N–H and O–H groups in total. The molecular formula is C49H33N3S. The molecule has 2 aliphatic carbocycles. The number of rotatable bonds is 3. The number of hydrogen-bond acceptors (Lipinski definition) is 4. The summed E-state index contributed by atoms with van der Waals surface area (Å²) in [5.74, 6) is 2.04. The second kappa shape index (κ2) is 11.2. The van der Waals surface area contributed by atoms with Crippen molar-refractivity contribution >= 4 is 11.8 Å². The van der Waals surface area contributed by atoms with E-state index < -0.39 is 5.41 Å². The Kier molecular flexibility index (Phi) is 6.45. The standard InChI is InChI=1S/C49H33N3S/c1-48(2)40-29-43-41(49(39-26-13-14-27-42(39)53-43)37-24-11-9-20-32(37)33-21-10-12-25-38(33)49)28-36(40)34-22-15-23-35(44(34)48)47-51-45(30-16-5-3-6-17-30)50-46(52-47)31-18-7-4-8-19-31/h3-29H,1-2H3. The molecule has 0 radical (unpaired) electrons. The molecule has 4 heteroatoms. The van der Waals surface area contributed by atoms with E-state index in [0.29, 0.717) is 17.5 Å². The fourth-order valence-electron chi connectivity index (χ4n) is 9.34. The first-order valence-corrected chi connectivity index (χ1v) is 19.0. The Bertz CT molecular complexity index is 2680. The first-order valence-electron chi connectivity index (χ1n) is 18.2. The summed E-state index contributed by atoms with van der Waals surface area (Å²) in [5, 5.41) is 0. The van der Waals surface area contributed by atoms with Gasteiger partial charge in [0.15, 0.2) is 17.5 Å². The van der Waals surface area contributed by atoms with E-state index in [9.17, 15) is 0 Å². The van der Waals surface area contributed by atoms with Crippen LogP contribution in [0.4, 0.5) is 0 Å². The van der Waals surface area contributed by atoms with Crippen LogP contribution < -0.4 is 0 Å². The lowest BCUT2D eigenvalue weighted by molar-refractivity contribution is 0.655. The third-order valence-corrected chi connectivity index (χ3v) is 12.7. The van der Waals surface area contributed by atoms with Gasteiger partial charge in [0.05, 0.1) is 5.41 Å². The van der Waals surface area contributed by atoms with Gasteiger partial charge in [0.2, 0.25) is 0 Å². The molecule has 7 aromatic carbocycles. The topological polar surface area (TPSA) is 38.7 Å². The molecule has 1 spiro atoms. The molecule has 8 aromatic rings. The lowest BCUT2D eigenvalue weighted by atomic mass is 9.66. The van der Waals surface area contributed by atoms with E-state index in [1.54, 1.807) is 0 Å². The van der Waals surface area contributed by atoms with Crippen LogP contribution in [0.15, 0.2) is 174 Å². The Morgan fingerprint density at radius 1 is 0.377 bits per heavy atom. The fourth-order valence-corrected chi connectivity index (χ4v) is 10.6. The molecule has 2 heterocycles. The molecule has 0 saturated carbocycles. The van der Waals surface area contributed by atoms with Crippen LogP contribution in [0.1, 0.15) is 47.2 Å². The van der Waals surface area contributed by atoms with Crippen LogP contribution >= 0.6 is 11.8 Å². The fraction of sp³-hybridized carbons (Fsp3) is 0.0816. The number of aromatic nitrogens is 3. The Hall–Kier alpha value is -6.10. The highest BCUT2D eigenvalue weighted by molar-refractivity contribution is 7.99. The minimum atomic E-state index is -0.423. The Balaban J connectivity index is 1.17. The maximum atomic E-state index is 5.19. The molecule has 53 heavy (non-hydrogen) atoms. The highest BCUT2D eigenvalue weighted by atomic mass is 32.2. The molecule has 0 bridgehead atoms. The van der Waals surface area contributed by atoms with E-state index in [-0.39, 0.29) is 5.41 Å². The summed E-state index contributed by atoms with van der Waals surface area (Å²) >= 11 is 1.90. The Morgan fingerprint density at radius 2 is 0.887 bits per heavy atom. The second-order valence-corrected chi connectivity index (χ2v) is 15.8. The SMILES string of the molecule is CC1(C)c2cc3c(cc2-c2cccc(-c4nc(-c5ccccc5)nc(-c5ccccc5)n4)c21)C1(c2ccccc2S3)c2ccccc2-c2ccccc21. The van der Waals surface area contributed by atoms with Crippen molar-refractivity contribution in [2.75, 3.05) is 0 Å². The van der Waals surface area contributed by atoms with Crippen molar-refractivity contribution in [2.24, 2.45) is 0 Å². The molecule has 1 aliphatic heterocycles. The van der Waals surface area contributed by atoms with Gasteiger partial charge in [-0.3, -0.25) is 0 Å². The van der Waals surface area contributed by atoms with Crippen molar-refractivity contribution in [3.8, 4) is 56.4 Å². The predicted octanol–water partition coefficient (Wildman–Crippen LogP) is 12.0. The van der Waals surface area contributed by atoms with E-state index in [1.165, 1.54) is 65.4 Å². The zero-order chi connectivity index (χ0) is 35.3. The van der Waals surface area contributed by atoms with Gasteiger partial charge < -0.3 is 0 Å². The third kappa shape index (κ3) is 4.21. The summed E-state index contributed by atoms with van der Waals surface area (Å²) in [4.78, 5) is 18.0. The van der Waals surface area contributed by atoms with Crippen molar-refractivity contribution in [2.45, 2.75) is 34.5 Å². The van der Waals surface area contributed by atoms with E-state index in [4.69, 9.17) is 15.0 Å². The van der Waals surface area contributed by atoms with Gasteiger partial charge in [-0.25, -0.2) is 15.0 Å². The molecule has 0 fully saturated rings. The largest absolute Gasteiger partial charge is 0.208 e. The monoisotopic (exact) mass is 695 g/mol. The molecule has 0 unspecified atom stereocenters. The Labute approximate surface area is 313 Å². The van der Waals surface area contributed by atoms with E-state index in [2.05, 4.69) is 141 Å². The van der Waals surface area contributed by atoms with Gasteiger partial charge in [-0.05, 0) is 73.8 Å². The third-order valence-electron chi connectivity index (χ3n) is 11.6. The molecular weight excluding hydrogens is 663 g/mol. The van der Waals surface area contributed by atoms with E-state index in [1.807, 2.05) is 48.2 Å². The van der Waals surface area contributed by atoms with Gasteiger partial charge >= 0.3 is 0 Å². The van der Waals surface area contributed by atoms with Crippen molar-refractivity contribution in [3.05, 3.63) is 197 Å². The maximum Gasteiger partial charge on any atom is 0.164 e. The number of benzene rings is 7. The smallest absolute Gasteiger partial charge is 0.164 e. The van der Waals surface area contributed by atoms with Gasteiger partial charge in [-0.1, -0.05) is 171 Å².